The molecule has 0 aromatic heterocycles. The number of Topliss-reactive ketones (excluding diaryl/α,β-unsaturated/α-hetero) is 1. The molecule has 0 spiro atoms. The number of hydrogen-bond donors (Lipinski definition) is 0. The largest absolute Gasteiger partial charge is 0.457 e. The minimum atomic E-state index is -1.07. The fourth-order valence-electron chi connectivity index (χ4n) is 2.74. The summed E-state index contributed by atoms with van der Waals surface area (Å²) in [5.41, 5.74) is 2.23. The molecule has 112 valence electrons. The van der Waals surface area contributed by atoms with E-state index in [-0.39, 0.29) is 12.4 Å². The molecular weight excluding hydrogens is 311 g/mol. The number of aryl methyl sites for hydroxylation is 2. The normalized spacial score (nSPS) is 25.3. The van der Waals surface area contributed by atoms with E-state index in [0.717, 1.165) is 19.3 Å². The van der Waals surface area contributed by atoms with E-state index in [0.29, 0.717) is 12.0 Å². The van der Waals surface area contributed by atoms with Crippen LogP contribution in [0, 0.1) is 5.41 Å². The zero-order valence-electron chi connectivity index (χ0n) is 11.7. The van der Waals surface area contributed by atoms with Gasteiger partial charge in [0.05, 0.1) is 0 Å². The number of fused-ring (bicyclic) bond motifs is 1. The lowest BCUT2D eigenvalue weighted by Gasteiger charge is -2.11. The molecule has 1 unspecified atom stereocenters. The van der Waals surface area contributed by atoms with Crippen LogP contribution in [0.2, 0.25) is 0 Å². The van der Waals surface area contributed by atoms with E-state index in [1.54, 1.807) is 13.0 Å². The number of rotatable bonds is 4. The lowest BCUT2D eigenvalue weighted by Crippen LogP contribution is -2.24. The quantitative estimate of drug-likeness (QED) is 0.483. The maximum Gasteiger partial charge on any atom is 0.315 e. The van der Waals surface area contributed by atoms with Crippen molar-refractivity contribution in [1.29, 1.82) is 0 Å². The van der Waals surface area contributed by atoms with Crippen LogP contribution in [0.25, 0.3) is 0 Å². The predicted octanol–water partition coefficient (Wildman–Crippen LogP) is 3.49. The van der Waals surface area contributed by atoms with Gasteiger partial charge in [-0.05, 0) is 43.4 Å². The van der Waals surface area contributed by atoms with Gasteiger partial charge in [0, 0.05) is 12.0 Å². The van der Waals surface area contributed by atoms with Crippen molar-refractivity contribution >= 4 is 35.0 Å². The summed E-state index contributed by atoms with van der Waals surface area (Å²) in [7, 11) is 0. The Labute approximate surface area is 133 Å². The van der Waals surface area contributed by atoms with Crippen molar-refractivity contribution in [3.05, 3.63) is 34.9 Å². The molecule has 1 aromatic rings. The number of hydrogen-bond acceptors (Lipinski definition) is 3. The first-order valence-electron chi connectivity index (χ1n) is 7.03. The second-order valence-corrected chi connectivity index (χ2v) is 7.53. The Balaban J connectivity index is 1.61. The Morgan fingerprint density at radius 2 is 1.90 bits per heavy atom. The minimum absolute atomic E-state index is 0.197. The van der Waals surface area contributed by atoms with E-state index in [1.165, 1.54) is 11.1 Å². The van der Waals surface area contributed by atoms with Gasteiger partial charge >= 0.3 is 5.97 Å². The highest BCUT2D eigenvalue weighted by Crippen LogP contribution is 2.64. The highest BCUT2D eigenvalue weighted by molar-refractivity contribution is 6.53. The topological polar surface area (TPSA) is 43.4 Å². The van der Waals surface area contributed by atoms with Crippen molar-refractivity contribution < 1.29 is 14.3 Å². The van der Waals surface area contributed by atoms with Gasteiger partial charge < -0.3 is 4.74 Å². The zero-order valence-corrected chi connectivity index (χ0v) is 13.3. The Morgan fingerprint density at radius 1 is 1.24 bits per heavy atom. The molecule has 0 heterocycles. The third kappa shape index (κ3) is 2.58. The lowest BCUT2D eigenvalue weighted by atomic mass is 10.0. The van der Waals surface area contributed by atoms with Crippen molar-refractivity contribution in [2.45, 2.75) is 36.9 Å². The van der Waals surface area contributed by atoms with E-state index in [2.05, 4.69) is 0 Å². The first-order valence-corrected chi connectivity index (χ1v) is 7.79. The molecule has 3 nitrogen and oxygen atoms in total. The molecule has 0 saturated heterocycles. The van der Waals surface area contributed by atoms with Crippen LogP contribution in [0.1, 0.15) is 41.3 Å². The zero-order chi connectivity index (χ0) is 15.3. The first kappa shape index (κ1) is 14.9. The van der Waals surface area contributed by atoms with Gasteiger partial charge in [0.2, 0.25) is 0 Å². The summed E-state index contributed by atoms with van der Waals surface area (Å²) >= 11 is 11.8. The number of carbonyl (C=O) groups is 2. The van der Waals surface area contributed by atoms with Crippen LogP contribution in [-0.2, 0) is 22.4 Å². The van der Waals surface area contributed by atoms with Gasteiger partial charge in [-0.2, -0.15) is 0 Å². The van der Waals surface area contributed by atoms with E-state index in [4.69, 9.17) is 27.9 Å². The van der Waals surface area contributed by atoms with E-state index >= 15 is 0 Å². The molecule has 21 heavy (non-hydrogen) atoms. The molecule has 5 heteroatoms. The van der Waals surface area contributed by atoms with Crippen molar-refractivity contribution in [2.75, 3.05) is 6.61 Å². The summed E-state index contributed by atoms with van der Waals surface area (Å²) in [4.78, 5) is 24.0. The Kier molecular flexibility index (Phi) is 3.53. The van der Waals surface area contributed by atoms with Gasteiger partial charge in [-0.3, -0.25) is 9.59 Å². The van der Waals surface area contributed by atoms with Gasteiger partial charge in [0.1, 0.15) is 9.75 Å². The lowest BCUT2D eigenvalue weighted by molar-refractivity contribution is -0.148. The van der Waals surface area contributed by atoms with Crippen LogP contribution in [0.5, 0.6) is 0 Å². The second-order valence-electron chi connectivity index (χ2n) is 6.05. The molecule has 0 N–H and O–H groups in total. The van der Waals surface area contributed by atoms with E-state index < -0.39 is 15.7 Å². The summed E-state index contributed by atoms with van der Waals surface area (Å²) in [6, 6.07) is 5.69. The summed E-state index contributed by atoms with van der Waals surface area (Å²) in [5, 5.41) is 0. The molecule has 3 rings (SSSR count). The van der Waals surface area contributed by atoms with Crippen molar-refractivity contribution in [1.82, 2.24) is 0 Å². The molecule has 0 aliphatic heterocycles. The van der Waals surface area contributed by atoms with Crippen LogP contribution in [0.4, 0.5) is 0 Å². The van der Waals surface area contributed by atoms with Gasteiger partial charge in [-0.15, -0.1) is 23.2 Å². The van der Waals surface area contributed by atoms with Crippen LogP contribution < -0.4 is 0 Å². The van der Waals surface area contributed by atoms with Crippen LogP contribution >= 0.6 is 23.2 Å². The Bertz CT molecular complexity index is 624. The smallest absolute Gasteiger partial charge is 0.315 e. The SMILES string of the molecule is CC1(C(=O)OCC(=O)c2ccc3c(c2)CCC3)CC1(Cl)Cl. The van der Waals surface area contributed by atoms with Crippen molar-refractivity contribution in [2.24, 2.45) is 5.41 Å². The summed E-state index contributed by atoms with van der Waals surface area (Å²) in [6.07, 6.45) is 3.57. The van der Waals surface area contributed by atoms with Crippen LogP contribution in [-0.4, -0.2) is 22.7 Å². The molecule has 1 fully saturated rings. The summed E-state index contributed by atoms with van der Waals surface area (Å²) in [5.74, 6) is -0.709. The average Bonchev–Trinajstić information content (AvgIpc) is 2.79. The third-order valence-corrected chi connectivity index (χ3v) is 5.56. The number of ketones is 1. The van der Waals surface area contributed by atoms with Gasteiger partial charge in [0.15, 0.2) is 12.4 Å². The number of ether oxygens (including phenoxy) is 1. The molecule has 1 atom stereocenters. The average molecular weight is 327 g/mol. The number of benzene rings is 1. The highest BCUT2D eigenvalue weighted by atomic mass is 35.5. The molecule has 2 aliphatic carbocycles. The molecule has 1 saturated carbocycles. The van der Waals surface area contributed by atoms with Gasteiger partial charge in [-0.25, -0.2) is 0 Å². The summed E-state index contributed by atoms with van der Waals surface area (Å²) < 4.78 is 4.01. The predicted molar refractivity (Wildman–Crippen MR) is 80.9 cm³/mol. The third-order valence-electron chi connectivity index (χ3n) is 4.46. The molecule has 1 aromatic carbocycles. The summed E-state index contributed by atoms with van der Waals surface area (Å²) in [6.45, 7) is 1.38. The second kappa shape index (κ2) is 4.99. The molecule has 0 amide bonds. The first-order chi connectivity index (χ1) is 9.83. The minimum Gasteiger partial charge on any atom is -0.457 e. The number of alkyl halides is 2. The molecule has 0 bridgehead atoms. The maximum absolute atomic E-state index is 12.1. The molecule has 2 aliphatic rings. The fourth-order valence-corrected chi connectivity index (χ4v) is 3.43. The molecule has 0 radical (unpaired) electrons. The van der Waals surface area contributed by atoms with Crippen LogP contribution in [0.3, 0.4) is 0 Å². The number of halogens is 2. The van der Waals surface area contributed by atoms with E-state index in [1.807, 2.05) is 12.1 Å². The van der Waals surface area contributed by atoms with E-state index in [9.17, 15) is 9.59 Å². The van der Waals surface area contributed by atoms with Gasteiger partial charge in [0.25, 0.3) is 0 Å². The monoisotopic (exact) mass is 326 g/mol. The Morgan fingerprint density at radius 3 is 2.57 bits per heavy atom. The molecular formula is C16H16Cl2O3. The van der Waals surface area contributed by atoms with Gasteiger partial charge in [-0.1, -0.05) is 12.1 Å². The highest BCUT2D eigenvalue weighted by Gasteiger charge is 2.69. The Hall–Kier alpha value is -1.06. The number of carbonyl (C=O) groups excluding carboxylic acids is 2. The van der Waals surface area contributed by atoms with Crippen molar-refractivity contribution in [3.63, 3.8) is 0 Å². The van der Waals surface area contributed by atoms with Crippen LogP contribution in [0.15, 0.2) is 18.2 Å². The standard InChI is InChI=1S/C16H16Cl2O3/c1-15(9-16(15,17)18)14(20)21-8-13(19)12-6-5-10-3-2-4-11(10)7-12/h5-7H,2-4,8-9H2,1H3. The fraction of sp³-hybridized carbons (Fsp3) is 0.500. The maximum atomic E-state index is 12.1. The number of esters is 1. The van der Waals surface area contributed by atoms with Crippen molar-refractivity contribution in [3.8, 4) is 0 Å².